The lowest BCUT2D eigenvalue weighted by molar-refractivity contribution is 0.413. The molecule has 7 heteroatoms. The second-order valence-electron chi connectivity index (χ2n) is 6.49. The van der Waals surface area contributed by atoms with Crippen LogP contribution >= 0.6 is 23.7 Å². The van der Waals surface area contributed by atoms with Gasteiger partial charge in [0, 0.05) is 16.8 Å². The molecule has 0 aliphatic carbocycles. The molecule has 0 fully saturated rings. The zero-order chi connectivity index (χ0) is 18.8. The van der Waals surface area contributed by atoms with E-state index >= 15 is 0 Å². The zero-order valence-corrected chi connectivity index (χ0v) is 17.5. The van der Waals surface area contributed by atoms with Gasteiger partial charge in [-0.2, -0.15) is 0 Å². The molecule has 1 aromatic carbocycles. The van der Waals surface area contributed by atoms with Crippen LogP contribution in [0, 0.1) is 0 Å². The van der Waals surface area contributed by atoms with E-state index in [-0.39, 0.29) is 12.4 Å². The average Bonchev–Trinajstić information content (AvgIpc) is 3.18. The van der Waals surface area contributed by atoms with E-state index < -0.39 is 0 Å². The van der Waals surface area contributed by atoms with Crippen LogP contribution in [0.5, 0.6) is 5.75 Å². The van der Waals surface area contributed by atoms with Gasteiger partial charge >= 0.3 is 0 Å². The highest BCUT2D eigenvalue weighted by Gasteiger charge is 2.14. The number of aromatic nitrogens is 3. The monoisotopic (exact) mass is 412 g/mol. The predicted molar refractivity (Wildman–Crippen MR) is 119 cm³/mol. The van der Waals surface area contributed by atoms with Crippen molar-refractivity contribution in [2.45, 2.75) is 19.9 Å². The van der Waals surface area contributed by atoms with E-state index in [1.807, 2.05) is 24.3 Å². The van der Waals surface area contributed by atoms with Crippen molar-refractivity contribution in [3.63, 3.8) is 0 Å². The quantitative estimate of drug-likeness (QED) is 0.457. The van der Waals surface area contributed by atoms with Crippen LogP contribution in [0.4, 0.5) is 5.82 Å². The molecule has 28 heavy (non-hydrogen) atoms. The van der Waals surface area contributed by atoms with E-state index in [0.29, 0.717) is 6.04 Å². The molecule has 4 rings (SSSR count). The first-order chi connectivity index (χ1) is 13.2. The molecule has 144 valence electrons. The lowest BCUT2D eigenvalue weighted by Crippen LogP contribution is -2.12. The van der Waals surface area contributed by atoms with Gasteiger partial charge in [-0.3, -0.25) is 4.98 Å². The first-order valence-corrected chi connectivity index (χ1v) is 9.60. The highest BCUT2D eigenvalue weighted by molar-refractivity contribution is 7.18. The minimum absolute atomic E-state index is 0. The van der Waals surface area contributed by atoms with Crippen LogP contribution in [0.25, 0.3) is 31.9 Å². The summed E-state index contributed by atoms with van der Waals surface area (Å²) in [4.78, 5) is 6.63. The predicted octanol–water partition coefficient (Wildman–Crippen LogP) is 5.67. The van der Waals surface area contributed by atoms with Crippen LogP contribution in [0.3, 0.4) is 0 Å². The first-order valence-electron chi connectivity index (χ1n) is 8.78. The Hall–Kier alpha value is -2.70. The van der Waals surface area contributed by atoms with E-state index in [4.69, 9.17) is 4.74 Å². The minimum atomic E-state index is 0. The SMILES string of the molecule is COc1ccc(-c2ccc(-c3nnc(NC(C)C)c4ccccc34)s2)nc1.Cl. The fourth-order valence-corrected chi connectivity index (χ4v) is 3.90. The van der Waals surface area contributed by atoms with Gasteiger partial charge in [0.15, 0.2) is 5.82 Å². The molecule has 3 aromatic heterocycles. The molecule has 0 atom stereocenters. The largest absolute Gasteiger partial charge is 0.495 e. The molecule has 0 aliphatic heterocycles. The number of thiophene rings is 1. The minimum Gasteiger partial charge on any atom is -0.495 e. The van der Waals surface area contributed by atoms with Crippen LogP contribution < -0.4 is 10.1 Å². The molecule has 4 aromatic rings. The van der Waals surface area contributed by atoms with Crippen LogP contribution in [-0.2, 0) is 0 Å². The molecule has 0 radical (unpaired) electrons. The number of nitrogens with zero attached hydrogens (tertiary/aromatic N) is 3. The number of halogens is 1. The van der Waals surface area contributed by atoms with Crippen molar-refractivity contribution in [2.75, 3.05) is 12.4 Å². The maximum atomic E-state index is 5.18. The fourth-order valence-electron chi connectivity index (χ4n) is 2.92. The maximum absolute atomic E-state index is 5.18. The third kappa shape index (κ3) is 3.93. The molecule has 0 saturated heterocycles. The van der Waals surface area contributed by atoms with E-state index in [0.717, 1.165) is 43.5 Å². The number of anilines is 1. The van der Waals surface area contributed by atoms with Crippen molar-refractivity contribution < 1.29 is 4.74 Å². The zero-order valence-electron chi connectivity index (χ0n) is 15.8. The van der Waals surface area contributed by atoms with Crippen LogP contribution in [0.1, 0.15) is 13.8 Å². The topological polar surface area (TPSA) is 59.9 Å². The number of benzene rings is 1. The maximum Gasteiger partial charge on any atom is 0.156 e. The molecule has 5 nitrogen and oxygen atoms in total. The van der Waals surface area contributed by atoms with Gasteiger partial charge in [-0.15, -0.1) is 33.9 Å². The second-order valence-corrected chi connectivity index (χ2v) is 7.57. The van der Waals surface area contributed by atoms with Gasteiger partial charge in [0.2, 0.25) is 0 Å². The van der Waals surface area contributed by atoms with Gasteiger partial charge in [0.05, 0.1) is 28.8 Å². The normalized spacial score (nSPS) is 10.7. The third-order valence-electron chi connectivity index (χ3n) is 4.18. The first kappa shape index (κ1) is 20.0. The van der Waals surface area contributed by atoms with Gasteiger partial charge < -0.3 is 10.1 Å². The highest BCUT2D eigenvalue weighted by atomic mass is 35.5. The highest BCUT2D eigenvalue weighted by Crippen LogP contribution is 2.37. The second kappa shape index (κ2) is 8.54. The average molecular weight is 413 g/mol. The van der Waals surface area contributed by atoms with Crippen LogP contribution in [-0.4, -0.2) is 28.3 Å². The summed E-state index contributed by atoms with van der Waals surface area (Å²) in [6, 6.07) is 16.6. The summed E-state index contributed by atoms with van der Waals surface area (Å²) < 4.78 is 5.18. The fraction of sp³-hybridized carbons (Fsp3) is 0.190. The van der Waals surface area contributed by atoms with Crippen molar-refractivity contribution >= 4 is 40.3 Å². The van der Waals surface area contributed by atoms with Crippen molar-refractivity contribution in [1.82, 2.24) is 15.2 Å². The van der Waals surface area contributed by atoms with Crippen molar-refractivity contribution in [2.24, 2.45) is 0 Å². The van der Waals surface area contributed by atoms with E-state index in [2.05, 4.69) is 58.6 Å². The Labute approximate surface area is 174 Å². The lowest BCUT2D eigenvalue weighted by atomic mass is 10.1. The number of rotatable bonds is 5. The van der Waals surface area contributed by atoms with Gasteiger partial charge in [-0.05, 0) is 38.1 Å². The molecular formula is C21H21ClN4OS. The number of hydrogen-bond donors (Lipinski definition) is 1. The molecule has 0 saturated carbocycles. The van der Waals surface area contributed by atoms with E-state index in [9.17, 15) is 0 Å². The Morgan fingerprint density at radius 3 is 2.36 bits per heavy atom. The molecule has 0 spiro atoms. The number of pyridine rings is 1. The van der Waals surface area contributed by atoms with Crippen molar-refractivity contribution in [3.05, 3.63) is 54.7 Å². The van der Waals surface area contributed by atoms with Crippen LogP contribution in [0.2, 0.25) is 0 Å². The van der Waals surface area contributed by atoms with Gasteiger partial charge in [0.25, 0.3) is 0 Å². The summed E-state index contributed by atoms with van der Waals surface area (Å²) in [5.41, 5.74) is 1.81. The third-order valence-corrected chi connectivity index (χ3v) is 5.29. The van der Waals surface area contributed by atoms with Gasteiger partial charge in [-0.25, -0.2) is 0 Å². The van der Waals surface area contributed by atoms with Gasteiger partial charge in [-0.1, -0.05) is 24.3 Å². The summed E-state index contributed by atoms with van der Waals surface area (Å²) >= 11 is 1.66. The number of fused-ring (bicyclic) bond motifs is 1. The summed E-state index contributed by atoms with van der Waals surface area (Å²) in [7, 11) is 1.64. The Balaban J connectivity index is 0.00000225. The number of ether oxygens (including phenoxy) is 1. The molecule has 0 unspecified atom stereocenters. The smallest absolute Gasteiger partial charge is 0.156 e. The lowest BCUT2D eigenvalue weighted by Gasteiger charge is -2.12. The Kier molecular flexibility index (Phi) is 6.11. The Morgan fingerprint density at radius 1 is 0.929 bits per heavy atom. The Morgan fingerprint density at radius 2 is 1.68 bits per heavy atom. The van der Waals surface area contributed by atoms with Crippen molar-refractivity contribution in [1.29, 1.82) is 0 Å². The molecule has 0 aliphatic rings. The molecule has 1 N–H and O–H groups in total. The Bertz CT molecular complexity index is 1080. The molecule has 0 amide bonds. The molecule has 3 heterocycles. The number of nitrogens with one attached hydrogen (secondary N) is 1. The summed E-state index contributed by atoms with van der Waals surface area (Å²) in [5, 5.41) is 14.5. The standard InChI is InChI=1S/C21H20N4OS.ClH/c1-13(2)23-21-16-7-5-4-6-15(16)20(24-25-21)19-11-10-18(27-19)17-9-8-14(26-3)12-22-17;/h4-13H,1-3H3,(H,23,25);1H. The summed E-state index contributed by atoms with van der Waals surface area (Å²) in [6.45, 7) is 4.19. The summed E-state index contributed by atoms with van der Waals surface area (Å²) in [5.74, 6) is 1.57. The van der Waals surface area contributed by atoms with Crippen molar-refractivity contribution in [3.8, 4) is 26.9 Å². The van der Waals surface area contributed by atoms with Crippen LogP contribution in [0.15, 0.2) is 54.7 Å². The molecule has 0 bridgehead atoms. The number of methoxy groups -OCH3 is 1. The van der Waals surface area contributed by atoms with Gasteiger partial charge in [0.1, 0.15) is 11.4 Å². The number of hydrogen-bond acceptors (Lipinski definition) is 6. The summed E-state index contributed by atoms with van der Waals surface area (Å²) in [6.07, 6.45) is 1.73. The van der Waals surface area contributed by atoms with E-state index in [1.165, 1.54) is 0 Å². The molecular weight excluding hydrogens is 392 g/mol. The van der Waals surface area contributed by atoms with E-state index in [1.54, 1.807) is 24.6 Å².